The molecule has 3 rings (SSSR count). The zero-order chi connectivity index (χ0) is 20.5. The maximum atomic E-state index is 13.5. The standard InChI is InChI=1S/C20H21F3N2O3/c1-12(2)27-16-4-6-19(3,20(21,22)23)9-17(16)28-18(26)14-8-13-10-24-7-5-15(13)25-11-14/h4-5,7-8,10-12,17H,6,9H2,1-3H3. The molecule has 2 heterocycles. The Morgan fingerprint density at radius 3 is 2.75 bits per heavy atom. The predicted octanol–water partition coefficient (Wildman–Crippen LogP) is 4.83. The van der Waals surface area contributed by atoms with Gasteiger partial charge in [0.2, 0.25) is 0 Å². The van der Waals surface area contributed by atoms with E-state index in [4.69, 9.17) is 9.47 Å². The van der Waals surface area contributed by atoms with Gasteiger partial charge in [0.15, 0.2) is 6.10 Å². The maximum Gasteiger partial charge on any atom is 0.394 e. The van der Waals surface area contributed by atoms with Crippen molar-refractivity contribution in [3.8, 4) is 0 Å². The lowest BCUT2D eigenvalue weighted by molar-refractivity contribution is -0.228. The van der Waals surface area contributed by atoms with Crippen LogP contribution < -0.4 is 0 Å². The Balaban J connectivity index is 1.86. The molecule has 2 atom stereocenters. The van der Waals surface area contributed by atoms with Crippen LogP contribution in [0.1, 0.15) is 44.0 Å². The van der Waals surface area contributed by atoms with Gasteiger partial charge in [0.05, 0.1) is 22.6 Å². The van der Waals surface area contributed by atoms with Crippen molar-refractivity contribution in [2.24, 2.45) is 5.41 Å². The second kappa shape index (κ2) is 7.41. The molecular weight excluding hydrogens is 373 g/mol. The van der Waals surface area contributed by atoms with E-state index in [0.717, 1.165) is 6.92 Å². The third-order valence-electron chi connectivity index (χ3n) is 4.73. The molecule has 1 aliphatic rings. The average molecular weight is 394 g/mol. The molecule has 2 aromatic heterocycles. The van der Waals surface area contributed by atoms with Crippen molar-refractivity contribution in [2.75, 3.05) is 0 Å². The van der Waals surface area contributed by atoms with Gasteiger partial charge in [0, 0.05) is 30.4 Å². The molecule has 0 aromatic carbocycles. The first-order valence-electron chi connectivity index (χ1n) is 8.93. The number of carbonyl (C=O) groups excluding carboxylic acids is 1. The first-order valence-corrected chi connectivity index (χ1v) is 8.93. The molecule has 2 aromatic rings. The van der Waals surface area contributed by atoms with Crippen LogP contribution in [0.4, 0.5) is 13.2 Å². The number of allylic oxidation sites excluding steroid dienone is 1. The van der Waals surface area contributed by atoms with E-state index in [-0.39, 0.29) is 23.8 Å². The average Bonchev–Trinajstić information content (AvgIpc) is 2.62. The van der Waals surface area contributed by atoms with Gasteiger partial charge < -0.3 is 9.47 Å². The highest BCUT2D eigenvalue weighted by molar-refractivity contribution is 5.93. The van der Waals surface area contributed by atoms with E-state index >= 15 is 0 Å². The Morgan fingerprint density at radius 1 is 1.32 bits per heavy atom. The van der Waals surface area contributed by atoms with Gasteiger partial charge in [-0.05, 0) is 38.5 Å². The molecule has 0 spiro atoms. The highest BCUT2D eigenvalue weighted by atomic mass is 19.4. The molecule has 1 aliphatic carbocycles. The van der Waals surface area contributed by atoms with Crippen LogP contribution in [0.25, 0.3) is 10.9 Å². The summed E-state index contributed by atoms with van der Waals surface area (Å²) in [4.78, 5) is 20.7. The van der Waals surface area contributed by atoms with Crippen molar-refractivity contribution < 1.29 is 27.4 Å². The molecule has 0 saturated heterocycles. The fourth-order valence-corrected chi connectivity index (χ4v) is 3.06. The Kier molecular flexibility index (Phi) is 5.32. The fourth-order valence-electron chi connectivity index (χ4n) is 3.06. The summed E-state index contributed by atoms with van der Waals surface area (Å²) >= 11 is 0. The quantitative estimate of drug-likeness (QED) is 0.696. The lowest BCUT2D eigenvalue weighted by Gasteiger charge is -2.38. The number of halogens is 3. The van der Waals surface area contributed by atoms with Crippen LogP contribution in [0, 0.1) is 5.41 Å². The largest absolute Gasteiger partial charge is 0.492 e. The number of aromatic nitrogens is 2. The number of pyridine rings is 2. The van der Waals surface area contributed by atoms with Gasteiger partial charge in [-0.3, -0.25) is 9.97 Å². The number of fused-ring (bicyclic) bond motifs is 1. The minimum Gasteiger partial charge on any atom is -0.492 e. The summed E-state index contributed by atoms with van der Waals surface area (Å²) in [6.07, 6.45) is -0.592. The third kappa shape index (κ3) is 4.10. The van der Waals surface area contributed by atoms with Crippen LogP contribution in [0.2, 0.25) is 0 Å². The van der Waals surface area contributed by atoms with E-state index in [1.807, 2.05) is 0 Å². The minimum atomic E-state index is -4.42. The summed E-state index contributed by atoms with van der Waals surface area (Å²) in [5.74, 6) is -0.506. The zero-order valence-electron chi connectivity index (χ0n) is 15.8. The van der Waals surface area contributed by atoms with E-state index in [1.165, 1.54) is 12.3 Å². The first-order chi connectivity index (χ1) is 13.1. The normalized spacial score (nSPS) is 22.8. The van der Waals surface area contributed by atoms with E-state index in [9.17, 15) is 18.0 Å². The van der Waals surface area contributed by atoms with Gasteiger partial charge in [-0.25, -0.2) is 4.79 Å². The molecule has 150 valence electrons. The molecule has 0 bridgehead atoms. The third-order valence-corrected chi connectivity index (χ3v) is 4.73. The molecule has 28 heavy (non-hydrogen) atoms. The Hall–Kier alpha value is -2.64. The molecule has 0 N–H and O–H groups in total. The summed E-state index contributed by atoms with van der Waals surface area (Å²) < 4.78 is 51.5. The molecule has 0 fully saturated rings. The summed E-state index contributed by atoms with van der Waals surface area (Å²) in [6, 6.07) is 3.24. The van der Waals surface area contributed by atoms with Crippen LogP contribution in [0.3, 0.4) is 0 Å². The second-order valence-corrected chi connectivity index (χ2v) is 7.43. The summed E-state index contributed by atoms with van der Waals surface area (Å²) in [5, 5.41) is 0.634. The zero-order valence-corrected chi connectivity index (χ0v) is 15.8. The van der Waals surface area contributed by atoms with E-state index < -0.39 is 30.1 Å². The number of alkyl halides is 3. The molecule has 5 nitrogen and oxygen atoms in total. The summed E-state index contributed by atoms with van der Waals surface area (Å²) in [7, 11) is 0. The van der Waals surface area contributed by atoms with Crippen LogP contribution >= 0.6 is 0 Å². The first kappa shape index (κ1) is 20.1. The molecular formula is C20H21F3N2O3. The highest BCUT2D eigenvalue weighted by Gasteiger charge is 2.54. The smallest absolute Gasteiger partial charge is 0.394 e. The second-order valence-electron chi connectivity index (χ2n) is 7.43. The van der Waals surface area contributed by atoms with Crippen LogP contribution in [0.15, 0.2) is 42.6 Å². The van der Waals surface area contributed by atoms with Crippen molar-refractivity contribution in [3.05, 3.63) is 48.1 Å². The minimum absolute atomic E-state index is 0.142. The highest BCUT2D eigenvalue weighted by Crippen LogP contribution is 2.48. The van der Waals surface area contributed by atoms with Crippen molar-refractivity contribution in [1.82, 2.24) is 9.97 Å². The monoisotopic (exact) mass is 394 g/mol. The van der Waals surface area contributed by atoms with E-state index in [0.29, 0.717) is 10.9 Å². The van der Waals surface area contributed by atoms with Crippen molar-refractivity contribution >= 4 is 16.9 Å². The maximum absolute atomic E-state index is 13.5. The fraction of sp³-hybridized carbons (Fsp3) is 0.450. The molecule has 0 amide bonds. The predicted molar refractivity (Wildman–Crippen MR) is 96.4 cm³/mol. The number of esters is 1. The van der Waals surface area contributed by atoms with Gasteiger partial charge in [0.1, 0.15) is 5.76 Å². The molecule has 8 heteroatoms. The topological polar surface area (TPSA) is 61.3 Å². The molecule has 0 radical (unpaired) electrons. The molecule has 0 aliphatic heterocycles. The lowest BCUT2D eigenvalue weighted by atomic mass is 9.76. The number of ether oxygens (including phenoxy) is 2. The van der Waals surface area contributed by atoms with Crippen molar-refractivity contribution in [1.29, 1.82) is 0 Å². The van der Waals surface area contributed by atoms with E-state index in [2.05, 4.69) is 9.97 Å². The van der Waals surface area contributed by atoms with Gasteiger partial charge in [-0.15, -0.1) is 0 Å². The Labute approximate surface area is 160 Å². The number of hydrogen-bond acceptors (Lipinski definition) is 5. The molecule has 2 unspecified atom stereocenters. The van der Waals surface area contributed by atoms with Gasteiger partial charge in [0.25, 0.3) is 0 Å². The Morgan fingerprint density at radius 2 is 2.07 bits per heavy atom. The van der Waals surface area contributed by atoms with Gasteiger partial charge in [-0.2, -0.15) is 13.2 Å². The van der Waals surface area contributed by atoms with Crippen LogP contribution in [-0.2, 0) is 9.47 Å². The Bertz CT molecular complexity index is 911. The SMILES string of the molecule is CC(C)OC1=CCC(C)(C(F)(F)F)CC1OC(=O)c1cnc2ccncc2c1. The number of carbonyl (C=O) groups is 1. The summed E-state index contributed by atoms with van der Waals surface area (Å²) in [5.41, 5.74) is -1.20. The molecule has 0 saturated carbocycles. The van der Waals surface area contributed by atoms with Gasteiger partial charge in [-0.1, -0.05) is 6.92 Å². The number of rotatable bonds is 4. The van der Waals surface area contributed by atoms with Crippen LogP contribution in [-0.4, -0.2) is 34.3 Å². The lowest BCUT2D eigenvalue weighted by Crippen LogP contribution is -2.42. The summed E-state index contributed by atoms with van der Waals surface area (Å²) in [6.45, 7) is 4.65. The van der Waals surface area contributed by atoms with Gasteiger partial charge >= 0.3 is 12.1 Å². The van der Waals surface area contributed by atoms with E-state index in [1.54, 1.807) is 38.4 Å². The van der Waals surface area contributed by atoms with Crippen molar-refractivity contribution in [2.45, 2.75) is 52.0 Å². The van der Waals surface area contributed by atoms with Crippen LogP contribution in [0.5, 0.6) is 0 Å². The number of hydrogen-bond donors (Lipinski definition) is 0. The van der Waals surface area contributed by atoms with Crippen molar-refractivity contribution in [3.63, 3.8) is 0 Å². The number of nitrogens with zero attached hydrogens (tertiary/aromatic N) is 2.